The lowest BCUT2D eigenvalue weighted by atomic mass is 10.0. The Hall–Kier alpha value is -2.01. The number of nitrogens with one attached hydrogen (secondary N) is 1. The van der Waals surface area contributed by atoms with Gasteiger partial charge in [0, 0.05) is 34.9 Å². The molecule has 1 aliphatic rings. The number of carbonyl (C=O) groups excluding carboxylic acids is 1. The van der Waals surface area contributed by atoms with Crippen LogP contribution in [-0.2, 0) is 18.5 Å². The van der Waals surface area contributed by atoms with Crippen molar-refractivity contribution in [3.05, 3.63) is 46.7 Å². The Morgan fingerprint density at radius 3 is 2.61 bits per heavy atom. The van der Waals surface area contributed by atoms with Crippen LogP contribution in [0.2, 0.25) is 5.02 Å². The van der Waals surface area contributed by atoms with E-state index in [1.807, 2.05) is 11.1 Å². The number of benzene rings is 1. The van der Waals surface area contributed by atoms with Crippen LogP contribution in [0, 0.1) is 0 Å². The summed E-state index contributed by atoms with van der Waals surface area (Å²) in [6, 6.07) is 7.03. The zero-order valence-electron chi connectivity index (χ0n) is 13.6. The molecule has 2 amide bonds. The van der Waals surface area contributed by atoms with Crippen LogP contribution >= 0.6 is 11.6 Å². The molecule has 6 heteroatoms. The molecule has 0 spiro atoms. The highest BCUT2D eigenvalue weighted by Crippen LogP contribution is 2.24. The van der Waals surface area contributed by atoms with Crippen molar-refractivity contribution in [1.29, 1.82) is 0 Å². The summed E-state index contributed by atoms with van der Waals surface area (Å²) in [7, 11) is 0. The fourth-order valence-electron chi connectivity index (χ4n) is 2.82. The maximum atomic E-state index is 12.4. The van der Waals surface area contributed by atoms with E-state index >= 15 is 0 Å². The van der Waals surface area contributed by atoms with Gasteiger partial charge >= 0.3 is 6.03 Å². The average molecular weight is 333 g/mol. The van der Waals surface area contributed by atoms with E-state index in [-0.39, 0.29) is 11.6 Å². The molecule has 2 aromatic rings. The molecule has 1 aromatic heterocycles. The smallest absolute Gasteiger partial charge is 0.320 e. The third-order valence-corrected chi connectivity index (χ3v) is 4.21. The number of amides is 2. The molecule has 0 unspecified atom stereocenters. The summed E-state index contributed by atoms with van der Waals surface area (Å²) >= 11 is 5.86. The molecular weight excluding hydrogens is 312 g/mol. The third kappa shape index (κ3) is 3.34. The van der Waals surface area contributed by atoms with Gasteiger partial charge in [-0.25, -0.2) is 4.79 Å². The minimum Gasteiger partial charge on any atom is -0.320 e. The molecule has 5 nitrogen and oxygen atoms in total. The first-order valence-electron chi connectivity index (χ1n) is 7.72. The second-order valence-corrected chi connectivity index (χ2v) is 7.24. The van der Waals surface area contributed by atoms with Crippen molar-refractivity contribution in [1.82, 2.24) is 14.7 Å². The molecule has 1 aliphatic heterocycles. The third-order valence-electron chi connectivity index (χ3n) is 3.95. The van der Waals surface area contributed by atoms with Crippen molar-refractivity contribution < 1.29 is 4.79 Å². The van der Waals surface area contributed by atoms with Crippen molar-refractivity contribution in [2.45, 2.75) is 39.3 Å². The standard InChI is InChI=1S/C17H21ClN4O/c1-17(2,3)22-15-8-9-21(11-12(15)10-19-22)16(23)20-14-6-4-13(18)5-7-14/h4-7,10H,8-9,11H2,1-3H3,(H,20,23). The van der Waals surface area contributed by atoms with E-state index in [0.29, 0.717) is 18.1 Å². The predicted molar refractivity (Wildman–Crippen MR) is 91.8 cm³/mol. The Labute approximate surface area is 141 Å². The number of anilines is 1. The zero-order chi connectivity index (χ0) is 16.6. The van der Waals surface area contributed by atoms with E-state index in [2.05, 4.69) is 35.9 Å². The topological polar surface area (TPSA) is 50.2 Å². The van der Waals surface area contributed by atoms with E-state index in [4.69, 9.17) is 11.6 Å². The summed E-state index contributed by atoms with van der Waals surface area (Å²) in [5.74, 6) is 0. The highest BCUT2D eigenvalue weighted by atomic mass is 35.5. The van der Waals surface area contributed by atoms with Gasteiger partial charge in [0.05, 0.1) is 18.3 Å². The van der Waals surface area contributed by atoms with E-state index in [9.17, 15) is 4.79 Å². The molecule has 0 radical (unpaired) electrons. The lowest BCUT2D eigenvalue weighted by Crippen LogP contribution is -2.40. The minimum atomic E-state index is -0.0959. The summed E-state index contributed by atoms with van der Waals surface area (Å²) in [4.78, 5) is 14.2. The van der Waals surface area contributed by atoms with E-state index < -0.39 is 0 Å². The number of carbonyl (C=O) groups is 1. The Kier molecular flexibility index (Phi) is 4.06. The van der Waals surface area contributed by atoms with Crippen LogP contribution in [0.1, 0.15) is 32.0 Å². The lowest BCUT2D eigenvalue weighted by molar-refractivity contribution is 0.204. The molecule has 1 aromatic carbocycles. The molecule has 0 saturated carbocycles. The first-order chi connectivity index (χ1) is 10.8. The van der Waals surface area contributed by atoms with Crippen molar-refractivity contribution in [2.24, 2.45) is 0 Å². The molecule has 0 fully saturated rings. The van der Waals surface area contributed by atoms with Gasteiger partial charge in [-0.05, 0) is 45.0 Å². The predicted octanol–water partition coefficient (Wildman–Crippen LogP) is 3.88. The van der Waals surface area contributed by atoms with Crippen molar-refractivity contribution in [3.63, 3.8) is 0 Å². The molecule has 23 heavy (non-hydrogen) atoms. The monoisotopic (exact) mass is 332 g/mol. The summed E-state index contributed by atoms with van der Waals surface area (Å²) in [6.07, 6.45) is 2.70. The Morgan fingerprint density at radius 1 is 1.26 bits per heavy atom. The van der Waals surface area contributed by atoms with Crippen molar-refractivity contribution >= 4 is 23.3 Å². The minimum absolute atomic E-state index is 0.0404. The summed E-state index contributed by atoms with van der Waals surface area (Å²) in [5.41, 5.74) is 3.06. The van der Waals surface area contributed by atoms with Crippen LogP contribution in [0.15, 0.2) is 30.5 Å². The fourth-order valence-corrected chi connectivity index (χ4v) is 2.94. The number of aromatic nitrogens is 2. The van der Waals surface area contributed by atoms with Gasteiger partial charge in [0.2, 0.25) is 0 Å². The van der Waals surface area contributed by atoms with Gasteiger partial charge < -0.3 is 10.2 Å². The fraction of sp³-hybridized carbons (Fsp3) is 0.412. The van der Waals surface area contributed by atoms with Crippen LogP contribution in [-0.4, -0.2) is 27.3 Å². The number of nitrogens with zero attached hydrogens (tertiary/aromatic N) is 3. The molecule has 0 atom stereocenters. The van der Waals surface area contributed by atoms with Gasteiger partial charge in [0.25, 0.3) is 0 Å². The molecule has 3 rings (SSSR count). The molecule has 0 aliphatic carbocycles. The molecule has 122 valence electrons. The maximum absolute atomic E-state index is 12.4. The number of rotatable bonds is 1. The van der Waals surface area contributed by atoms with Crippen LogP contribution in [0.3, 0.4) is 0 Å². The quantitative estimate of drug-likeness (QED) is 0.861. The Balaban J connectivity index is 1.71. The number of fused-ring (bicyclic) bond motifs is 1. The Morgan fingerprint density at radius 2 is 1.96 bits per heavy atom. The molecule has 1 N–H and O–H groups in total. The molecule has 0 bridgehead atoms. The second kappa shape index (κ2) is 5.89. The highest BCUT2D eigenvalue weighted by molar-refractivity contribution is 6.30. The Bertz CT molecular complexity index is 715. The van der Waals surface area contributed by atoms with E-state index in [1.54, 1.807) is 24.3 Å². The number of halogens is 1. The first-order valence-corrected chi connectivity index (χ1v) is 8.10. The number of hydrogen-bond acceptors (Lipinski definition) is 2. The van der Waals surface area contributed by atoms with Gasteiger partial charge in [-0.3, -0.25) is 4.68 Å². The van der Waals surface area contributed by atoms with Gasteiger partial charge in [-0.15, -0.1) is 0 Å². The van der Waals surface area contributed by atoms with Gasteiger partial charge in [-0.1, -0.05) is 11.6 Å². The number of urea groups is 1. The summed E-state index contributed by atoms with van der Waals surface area (Å²) < 4.78 is 2.07. The van der Waals surface area contributed by atoms with Gasteiger partial charge in [-0.2, -0.15) is 5.10 Å². The zero-order valence-corrected chi connectivity index (χ0v) is 14.4. The van der Waals surface area contributed by atoms with Crippen LogP contribution in [0.25, 0.3) is 0 Å². The molecule has 0 saturated heterocycles. The van der Waals surface area contributed by atoms with Crippen LogP contribution in [0.5, 0.6) is 0 Å². The normalized spacial score (nSPS) is 14.5. The lowest BCUT2D eigenvalue weighted by Gasteiger charge is -2.30. The van der Waals surface area contributed by atoms with Crippen LogP contribution < -0.4 is 5.32 Å². The first kappa shape index (κ1) is 15.9. The van der Waals surface area contributed by atoms with Gasteiger partial charge in [0.1, 0.15) is 0 Å². The van der Waals surface area contributed by atoms with Crippen LogP contribution in [0.4, 0.5) is 10.5 Å². The summed E-state index contributed by atoms with van der Waals surface area (Å²) in [6.45, 7) is 7.69. The van der Waals surface area contributed by atoms with Gasteiger partial charge in [0.15, 0.2) is 0 Å². The van der Waals surface area contributed by atoms with E-state index in [1.165, 1.54) is 5.69 Å². The maximum Gasteiger partial charge on any atom is 0.322 e. The number of hydrogen-bond donors (Lipinski definition) is 1. The molecule has 2 heterocycles. The molecular formula is C17H21ClN4O. The average Bonchev–Trinajstić information content (AvgIpc) is 2.92. The summed E-state index contributed by atoms with van der Waals surface area (Å²) in [5, 5.41) is 8.06. The van der Waals surface area contributed by atoms with Crippen molar-refractivity contribution in [3.8, 4) is 0 Å². The van der Waals surface area contributed by atoms with E-state index in [0.717, 1.165) is 17.7 Å². The second-order valence-electron chi connectivity index (χ2n) is 6.81. The van der Waals surface area contributed by atoms with Crippen molar-refractivity contribution in [2.75, 3.05) is 11.9 Å². The highest BCUT2D eigenvalue weighted by Gasteiger charge is 2.27. The largest absolute Gasteiger partial charge is 0.322 e. The SMILES string of the molecule is CC(C)(C)n1ncc2c1CCN(C(=O)Nc1ccc(Cl)cc1)C2.